The maximum absolute atomic E-state index is 10.7. The molecular formula is C18H32O. The Hall–Kier alpha value is -0.480. The molecule has 0 amide bonds. The summed E-state index contributed by atoms with van der Waals surface area (Å²) in [5.74, 6) is 6.93. The van der Waals surface area contributed by atoms with Crippen LogP contribution in [0.15, 0.2) is 0 Å². The average molecular weight is 264 g/mol. The van der Waals surface area contributed by atoms with E-state index in [9.17, 15) is 5.11 Å². The van der Waals surface area contributed by atoms with Crippen molar-refractivity contribution in [2.45, 2.75) is 96.5 Å². The molecule has 1 rings (SSSR count). The van der Waals surface area contributed by atoms with E-state index in [-0.39, 0.29) is 0 Å². The number of unbranched alkanes of at least 4 members (excludes halogenated alkanes) is 7. The fraction of sp³-hybridized carbons (Fsp3) is 0.889. The van der Waals surface area contributed by atoms with E-state index < -0.39 is 5.60 Å². The molecule has 1 unspecified atom stereocenters. The van der Waals surface area contributed by atoms with Crippen molar-refractivity contribution in [3.63, 3.8) is 0 Å². The maximum atomic E-state index is 10.7. The SMILES string of the molecule is CCCCCCC#CC(O)(CCCCCC)C1CC1. The summed E-state index contributed by atoms with van der Waals surface area (Å²) in [6, 6.07) is 0. The van der Waals surface area contributed by atoms with Gasteiger partial charge in [0, 0.05) is 6.42 Å². The molecule has 0 aliphatic heterocycles. The van der Waals surface area contributed by atoms with Gasteiger partial charge in [-0.2, -0.15) is 0 Å². The Morgan fingerprint density at radius 2 is 1.58 bits per heavy atom. The first-order valence-electron chi connectivity index (χ1n) is 8.45. The molecule has 1 atom stereocenters. The van der Waals surface area contributed by atoms with Crippen LogP contribution < -0.4 is 0 Å². The van der Waals surface area contributed by atoms with E-state index in [0.717, 1.165) is 19.3 Å². The van der Waals surface area contributed by atoms with Crippen LogP contribution in [0.1, 0.15) is 90.9 Å². The monoisotopic (exact) mass is 264 g/mol. The topological polar surface area (TPSA) is 20.2 Å². The van der Waals surface area contributed by atoms with Crippen LogP contribution in [0.5, 0.6) is 0 Å². The minimum absolute atomic E-state index is 0.470. The zero-order valence-electron chi connectivity index (χ0n) is 13.0. The molecule has 1 aliphatic rings. The smallest absolute Gasteiger partial charge is 0.128 e. The lowest BCUT2D eigenvalue weighted by Crippen LogP contribution is -2.29. The first-order valence-corrected chi connectivity index (χ1v) is 8.45. The second-order valence-electron chi connectivity index (χ2n) is 6.12. The van der Waals surface area contributed by atoms with Crippen molar-refractivity contribution in [2.24, 2.45) is 5.92 Å². The summed E-state index contributed by atoms with van der Waals surface area (Å²) in [6.07, 6.45) is 14.2. The highest BCUT2D eigenvalue weighted by atomic mass is 16.3. The van der Waals surface area contributed by atoms with Crippen LogP contribution in [-0.4, -0.2) is 10.7 Å². The summed E-state index contributed by atoms with van der Waals surface area (Å²) in [5, 5.41) is 10.7. The zero-order valence-corrected chi connectivity index (χ0v) is 13.0. The van der Waals surface area contributed by atoms with Crippen LogP contribution in [0.25, 0.3) is 0 Å². The molecule has 1 heteroatoms. The summed E-state index contributed by atoms with van der Waals surface area (Å²) in [6.45, 7) is 4.46. The first-order chi connectivity index (χ1) is 9.23. The molecule has 110 valence electrons. The van der Waals surface area contributed by atoms with Crippen LogP contribution >= 0.6 is 0 Å². The molecule has 19 heavy (non-hydrogen) atoms. The van der Waals surface area contributed by atoms with Gasteiger partial charge in [-0.3, -0.25) is 0 Å². The quantitative estimate of drug-likeness (QED) is 0.431. The van der Waals surface area contributed by atoms with Crippen molar-refractivity contribution in [1.29, 1.82) is 0 Å². The lowest BCUT2D eigenvalue weighted by Gasteiger charge is -2.21. The molecule has 0 saturated heterocycles. The lowest BCUT2D eigenvalue weighted by molar-refractivity contribution is 0.0655. The summed E-state index contributed by atoms with van der Waals surface area (Å²) in [5.41, 5.74) is -0.654. The molecule has 1 N–H and O–H groups in total. The number of rotatable bonds is 10. The number of hydrogen-bond donors (Lipinski definition) is 1. The van der Waals surface area contributed by atoms with Crippen LogP contribution in [0, 0.1) is 17.8 Å². The van der Waals surface area contributed by atoms with Gasteiger partial charge >= 0.3 is 0 Å². The van der Waals surface area contributed by atoms with Crippen molar-refractivity contribution in [3.8, 4) is 11.8 Å². The molecule has 0 aromatic rings. The molecule has 0 bridgehead atoms. The summed E-state index contributed by atoms with van der Waals surface area (Å²) < 4.78 is 0. The van der Waals surface area contributed by atoms with Crippen molar-refractivity contribution in [1.82, 2.24) is 0 Å². The van der Waals surface area contributed by atoms with Crippen LogP contribution in [0.3, 0.4) is 0 Å². The molecule has 1 saturated carbocycles. The van der Waals surface area contributed by atoms with Gasteiger partial charge in [0.2, 0.25) is 0 Å². The fourth-order valence-corrected chi connectivity index (χ4v) is 2.61. The van der Waals surface area contributed by atoms with E-state index in [4.69, 9.17) is 0 Å². The van der Waals surface area contributed by atoms with Crippen molar-refractivity contribution < 1.29 is 5.11 Å². The lowest BCUT2D eigenvalue weighted by atomic mass is 9.91. The Morgan fingerprint density at radius 3 is 2.16 bits per heavy atom. The van der Waals surface area contributed by atoms with Crippen LogP contribution in [-0.2, 0) is 0 Å². The van der Waals surface area contributed by atoms with Crippen LogP contribution in [0.4, 0.5) is 0 Å². The van der Waals surface area contributed by atoms with Gasteiger partial charge < -0.3 is 5.11 Å². The molecule has 0 heterocycles. The summed E-state index contributed by atoms with van der Waals surface area (Å²) in [7, 11) is 0. The van der Waals surface area contributed by atoms with Crippen molar-refractivity contribution >= 4 is 0 Å². The molecule has 0 radical (unpaired) electrons. The second-order valence-corrected chi connectivity index (χ2v) is 6.12. The van der Waals surface area contributed by atoms with Gasteiger partial charge in [0.15, 0.2) is 0 Å². The largest absolute Gasteiger partial charge is 0.377 e. The highest BCUT2D eigenvalue weighted by Gasteiger charge is 2.41. The van der Waals surface area contributed by atoms with Gasteiger partial charge in [-0.15, -0.1) is 5.92 Å². The Bertz CT molecular complexity index is 282. The average Bonchev–Trinajstić information content (AvgIpc) is 3.24. The van der Waals surface area contributed by atoms with Crippen molar-refractivity contribution in [3.05, 3.63) is 0 Å². The van der Waals surface area contributed by atoms with E-state index in [2.05, 4.69) is 25.7 Å². The minimum Gasteiger partial charge on any atom is -0.377 e. The van der Waals surface area contributed by atoms with E-state index >= 15 is 0 Å². The molecule has 0 aromatic heterocycles. The first kappa shape index (κ1) is 16.6. The standard InChI is InChI=1S/C18H32O/c1-3-5-7-9-10-12-16-18(19,17-13-14-17)15-11-8-6-4-2/h17,19H,3-11,13-15H2,1-2H3. The third-order valence-corrected chi connectivity index (χ3v) is 4.12. The molecule has 1 nitrogen and oxygen atoms in total. The van der Waals surface area contributed by atoms with Crippen molar-refractivity contribution in [2.75, 3.05) is 0 Å². The van der Waals surface area contributed by atoms with Gasteiger partial charge in [0.25, 0.3) is 0 Å². The van der Waals surface area contributed by atoms with Crippen LogP contribution in [0.2, 0.25) is 0 Å². The zero-order chi connectivity index (χ0) is 14.0. The predicted octanol–water partition coefficient (Wildman–Crippen LogP) is 5.07. The fourth-order valence-electron chi connectivity index (χ4n) is 2.61. The van der Waals surface area contributed by atoms with E-state index in [0.29, 0.717) is 5.92 Å². The van der Waals surface area contributed by atoms with Gasteiger partial charge in [-0.05, 0) is 38.0 Å². The Labute approximate surface area is 120 Å². The molecule has 1 fully saturated rings. The Morgan fingerprint density at radius 1 is 0.947 bits per heavy atom. The molecule has 0 spiro atoms. The highest BCUT2D eigenvalue weighted by Crippen LogP contribution is 2.42. The highest BCUT2D eigenvalue weighted by molar-refractivity contribution is 5.18. The van der Waals surface area contributed by atoms with Gasteiger partial charge in [-0.1, -0.05) is 58.3 Å². The summed E-state index contributed by atoms with van der Waals surface area (Å²) in [4.78, 5) is 0. The molecule has 1 aliphatic carbocycles. The molecular weight excluding hydrogens is 232 g/mol. The van der Waals surface area contributed by atoms with Gasteiger partial charge in [0.1, 0.15) is 5.60 Å². The van der Waals surface area contributed by atoms with E-state index in [1.54, 1.807) is 0 Å². The summed E-state index contributed by atoms with van der Waals surface area (Å²) >= 11 is 0. The van der Waals surface area contributed by atoms with E-state index in [1.165, 1.54) is 57.8 Å². The Balaban J connectivity index is 2.28. The predicted molar refractivity (Wildman–Crippen MR) is 83.0 cm³/mol. The van der Waals surface area contributed by atoms with Gasteiger partial charge in [0.05, 0.1) is 0 Å². The third-order valence-electron chi connectivity index (χ3n) is 4.12. The normalized spacial score (nSPS) is 17.6. The number of hydrogen-bond acceptors (Lipinski definition) is 1. The number of aliphatic hydroxyl groups is 1. The maximum Gasteiger partial charge on any atom is 0.128 e. The second kappa shape index (κ2) is 9.43. The minimum atomic E-state index is -0.654. The third kappa shape index (κ3) is 7.02. The Kier molecular flexibility index (Phi) is 8.22. The molecule has 0 aromatic carbocycles. The van der Waals surface area contributed by atoms with Gasteiger partial charge in [-0.25, -0.2) is 0 Å². The van der Waals surface area contributed by atoms with E-state index in [1.807, 2.05) is 0 Å².